The van der Waals surface area contributed by atoms with Crippen LogP contribution in [-0.2, 0) is 13.0 Å². The van der Waals surface area contributed by atoms with Crippen molar-refractivity contribution in [3.63, 3.8) is 0 Å². The van der Waals surface area contributed by atoms with Gasteiger partial charge in [-0.25, -0.2) is 4.79 Å². The molecule has 2 aromatic rings. The summed E-state index contributed by atoms with van der Waals surface area (Å²) < 4.78 is 5.45. The predicted octanol–water partition coefficient (Wildman–Crippen LogP) is 2.30. The number of likely N-dealkylation sites (N-methyl/N-ethyl adjacent to an activating group) is 1. The zero-order valence-electron chi connectivity index (χ0n) is 14.8. The summed E-state index contributed by atoms with van der Waals surface area (Å²) in [6, 6.07) is 5.90. The number of nitrogens with one attached hydrogen (secondary N) is 2. The fraction of sp³-hybridized carbons (Fsp3) is 0.500. The van der Waals surface area contributed by atoms with Crippen LogP contribution in [0.5, 0.6) is 0 Å². The number of urea groups is 1. The first kappa shape index (κ1) is 18.0. The summed E-state index contributed by atoms with van der Waals surface area (Å²) in [6.07, 6.45) is 2.77. The van der Waals surface area contributed by atoms with Crippen molar-refractivity contribution in [2.24, 2.45) is 0 Å². The molecule has 0 radical (unpaired) electrons. The van der Waals surface area contributed by atoms with Crippen LogP contribution in [0.3, 0.4) is 0 Å². The van der Waals surface area contributed by atoms with Crippen LogP contribution in [0.4, 0.5) is 4.79 Å². The van der Waals surface area contributed by atoms with Gasteiger partial charge in [0.1, 0.15) is 5.76 Å². The van der Waals surface area contributed by atoms with Gasteiger partial charge in [0.2, 0.25) is 0 Å². The lowest BCUT2D eigenvalue weighted by Gasteiger charge is -2.27. The third-order valence-corrected chi connectivity index (χ3v) is 5.57. The van der Waals surface area contributed by atoms with E-state index in [1.807, 2.05) is 42.5 Å². The van der Waals surface area contributed by atoms with Gasteiger partial charge in [0.25, 0.3) is 0 Å². The second-order valence-electron chi connectivity index (χ2n) is 6.53. The average Bonchev–Trinajstić information content (AvgIpc) is 3.25. The fourth-order valence-corrected chi connectivity index (χ4v) is 3.99. The normalized spacial score (nSPS) is 15.8. The summed E-state index contributed by atoms with van der Waals surface area (Å²) in [6.45, 7) is 4.09. The minimum absolute atomic E-state index is 0.0276. The van der Waals surface area contributed by atoms with E-state index in [9.17, 15) is 4.79 Å². The first-order valence-corrected chi connectivity index (χ1v) is 9.50. The Balaban J connectivity index is 1.37. The van der Waals surface area contributed by atoms with Gasteiger partial charge in [0.05, 0.1) is 12.3 Å². The van der Waals surface area contributed by atoms with Crippen LogP contribution in [0, 0.1) is 0 Å². The zero-order chi connectivity index (χ0) is 17.6. The molecule has 2 N–H and O–H groups in total. The van der Waals surface area contributed by atoms with Gasteiger partial charge < -0.3 is 15.1 Å². The molecule has 0 bridgehead atoms. The number of nitrogens with zero attached hydrogens (tertiary/aromatic N) is 2. The first-order valence-electron chi connectivity index (χ1n) is 8.62. The van der Waals surface area contributed by atoms with Crippen molar-refractivity contribution >= 4 is 17.4 Å². The fourth-order valence-electron chi connectivity index (χ4n) is 3.10. The Morgan fingerprint density at radius 1 is 1.40 bits per heavy atom. The summed E-state index contributed by atoms with van der Waals surface area (Å²) in [7, 11) is 3.95. The first-order chi connectivity index (χ1) is 12.1. The third-order valence-electron chi connectivity index (χ3n) is 4.55. The number of furan rings is 1. The Kier molecular flexibility index (Phi) is 6.12. The molecule has 1 unspecified atom stereocenters. The highest BCUT2D eigenvalue weighted by Crippen LogP contribution is 2.23. The van der Waals surface area contributed by atoms with Gasteiger partial charge in [0.15, 0.2) is 0 Å². The molecule has 2 aromatic heterocycles. The van der Waals surface area contributed by atoms with Gasteiger partial charge in [-0.2, -0.15) is 0 Å². The molecule has 6 nitrogen and oxygen atoms in total. The highest BCUT2D eigenvalue weighted by Gasteiger charge is 2.19. The quantitative estimate of drug-likeness (QED) is 0.793. The molecule has 1 aliphatic heterocycles. The lowest BCUT2D eigenvalue weighted by molar-refractivity contribution is 0.220. The predicted molar refractivity (Wildman–Crippen MR) is 99.8 cm³/mol. The van der Waals surface area contributed by atoms with Gasteiger partial charge in [-0.15, -0.1) is 11.3 Å². The number of carbonyl (C=O) groups is 1. The van der Waals surface area contributed by atoms with E-state index in [2.05, 4.69) is 27.0 Å². The molecule has 136 valence electrons. The van der Waals surface area contributed by atoms with Gasteiger partial charge in [-0.05, 0) is 49.7 Å². The maximum atomic E-state index is 12.1. The van der Waals surface area contributed by atoms with Crippen LogP contribution < -0.4 is 10.6 Å². The summed E-state index contributed by atoms with van der Waals surface area (Å²) >= 11 is 1.85. The van der Waals surface area contributed by atoms with Crippen LogP contribution in [0.25, 0.3) is 0 Å². The highest BCUT2D eigenvalue weighted by atomic mass is 32.1. The molecule has 0 aromatic carbocycles. The summed E-state index contributed by atoms with van der Waals surface area (Å²) in [5.41, 5.74) is 1.44. The monoisotopic (exact) mass is 362 g/mol. The number of fused-ring (bicyclic) bond motifs is 1. The largest absolute Gasteiger partial charge is 0.468 e. The Morgan fingerprint density at radius 3 is 3.04 bits per heavy atom. The van der Waals surface area contributed by atoms with Crippen molar-refractivity contribution in [3.8, 4) is 0 Å². The van der Waals surface area contributed by atoms with Crippen LogP contribution in [0.2, 0.25) is 0 Å². The number of hydrogen-bond acceptors (Lipinski definition) is 5. The summed E-state index contributed by atoms with van der Waals surface area (Å²) in [5, 5.41) is 8.05. The Bertz CT molecular complexity index is 668. The maximum Gasteiger partial charge on any atom is 0.314 e. The number of thiophene rings is 1. The van der Waals surface area contributed by atoms with Crippen molar-refractivity contribution < 1.29 is 9.21 Å². The van der Waals surface area contributed by atoms with E-state index in [1.165, 1.54) is 10.4 Å². The molecule has 2 amide bonds. The van der Waals surface area contributed by atoms with Crippen LogP contribution in [-0.4, -0.2) is 56.1 Å². The van der Waals surface area contributed by atoms with E-state index >= 15 is 0 Å². The van der Waals surface area contributed by atoms with Crippen LogP contribution >= 0.6 is 11.3 Å². The molecule has 7 heteroatoms. The molecule has 25 heavy (non-hydrogen) atoms. The van der Waals surface area contributed by atoms with Crippen molar-refractivity contribution in [2.75, 3.05) is 40.3 Å². The van der Waals surface area contributed by atoms with Crippen molar-refractivity contribution in [2.45, 2.75) is 19.0 Å². The van der Waals surface area contributed by atoms with E-state index < -0.39 is 0 Å². The second-order valence-corrected chi connectivity index (χ2v) is 7.53. The van der Waals surface area contributed by atoms with E-state index in [-0.39, 0.29) is 12.1 Å². The number of carbonyl (C=O) groups excluding carboxylic acids is 1. The molecule has 0 saturated carbocycles. The maximum absolute atomic E-state index is 12.1. The number of hydrogen-bond donors (Lipinski definition) is 2. The summed E-state index contributed by atoms with van der Waals surface area (Å²) in [5.74, 6) is 0.852. The lowest BCUT2D eigenvalue weighted by Crippen LogP contribution is -2.43. The van der Waals surface area contributed by atoms with Crippen molar-refractivity contribution in [1.29, 1.82) is 0 Å². The third kappa shape index (κ3) is 4.84. The molecule has 1 atom stereocenters. The second kappa shape index (κ2) is 8.51. The number of rotatable bonds is 7. The van der Waals surface area contributed by atoms with Gasteiger partial charge in [-0.3, -0.25) is 9.80 Å². The Labute approximate surface area is 152 Å². The van der Waals surface area contributed by atoms with E-state index in [0.29, 0.717) is 13.1 Å². The van der Waals surface area contributed by atoms with E-state index in [4.69, 9.17) is 4.42 Å². The molecule has 3 rings (SSSR count). The van der Waals surface area contributed by atoms with Crippen molar-refractivity contribution in [3.05, 3.63) is 46.0 Å². The Hall–Kier alpha value is -1.83. The minimum Gasteiger partial charge on any atom is -0.468 e. The average molecular weight is 362 g/mol. The molecule has 0 spiro atoms. The van der Waals surface area contributed by atoms with Gasteiger partial charge >= 0.3 is 6.03 Å². The van der Waals surface area contributed by atoms with Crippen molar-refractivity contribution in [1.82, 2.24) is 20.4 Å². The summed E-state index contributed by atoms with van der Waals surface area (Å²) in [4.78, 5) is 18.0. The molecule has 1 aliphatic rings. The van der Waals surface area contributed by atoms with Gasteiger partial charge in [0, 0.05) is 37.6 Å². The van der Waals surface area contributed by atoms with E-state index in [1.54, 1.807) is 6.26 Å². The van der Waals surface area contributed by atoms with Crippen LogP contribution in [0.1, 0.15) is 22.2 Å². The molecule has 0 aliphatic carbocycles. The van der Waals surface area contributed by atoms with Gasteiger partial charge in [-0.1, -0.05) is 0 Å². The number of amides is 2. The Morgan fingerprint density at radius 2 is 2.28 bits per heavy atom. The SMILES string of the molecule is CN(C)C(CNC(=O)NCCN1CCc2sccc2C1)c1ccco1. The van der Waals surface area contributed by atoms with Crippen LogP contribution in [0.15, 0.2) is 34.3 Å². The van der Waals surface area contributed by atoms with E-state index in [0.717, 1.165) is 31.8 Å². The standard InChI is InChI=1S/C18H26N4O2S/c1-21(2)15(16-4-3-10-24-16)12-20-18(23)19-7-9-22-8-5-17-14(13-22)6-11-25-17/h3-4,6,10-11,15H,5,7-9,12-13H2,1-2H3,(H2,19,20,23). The zero-order valence-corrected chi connectivity index (χ0v) is 15.6. The molecular weight excluding hydrogens is 336 g/mol. The molecular formula is C18H26N4O2S. The molecule has 0 saturated heterocycles. The molecule has 0 fully saturated rings. The smallest absolute Gasteiger partial charge is 0.314 e. The molecule has 3 heterocycles. The lowest BCUT2D eigenvalue weighted by atomic mass is 10.1. The highest BCUT2D eigenvalue weighted by molar-refractivity contribution is 7.10. The topological polar surface area (TPSA) is 60.8 Å². The minimum atomic E-state index is -0.133.